The Morgan fingerprint density at radius 1 is 1.32 bits per heavy atom. The van der Waals surface area contributed by atoms with Crippen molar-refractivity contribution in [3.05, 3.63) is 29.3 Å². The van der Waals surface area contributed by atoms with Crippen molar-refractivity contribution in [1.82, 2.24) is 0 Å². The number of carbonyl (C=O) groups excluding carboxylic acids is 2. The number of rotatable bonds is 5. The molecule has 102 valence electrons. The molecule has 0 saturated heterocycles. The van der Waals surface area contributed by atoms with E-state index < -0.39 is 11.8 Å². The first-order valence-electron chi connectivity index (χ1n) is 6.04. The fraction of sp³-hybridized carbons (Fsp3) is 0.357. The Kier molecular flexibility index (Phi) is 5.23. The number of esters is 1. The van der Waals surface area contributed by atoms with Crippen LogP contribution in [0, 0.1) is 13.8 Å². The second kappa shape index (κ2) is 6.68. The van der Waals surface area contributed by atoms with Crippen LogP contribution in [0.3, 0.4) is 0 Å². The van der Waals surface area contributed by atoms with E-state index in [0.29, 0.717) is 0 Å². The zero-order chi connectivity index (χ0) is 14.4. The SMILES string of the molecule is CCOC(=O)/C(=N\Nc1ccc(C)cc1C)C(C)=O. The summed E-state index contributed by atoms with van der Waals surface area (Å²) < 4.78 is 4.77. The molecule has 5 nitrogen and oxygen atoms in total. The predicted octanol–water partition coefficient (Wildman–Crippen LogP) is 2.22. The summed E-state index contributed by atoms with van der Waals surface area (Å²) >= 11 is 0. The highest BCUT2D eigenvalue weighted by atomic mass is 16.5. The normalized spacial score (nSPS) is 11.1. The standard InChI is InChI=1S/C14H18N2O3/c1-5-19-14(18)13(11(4)17)16-15-12-7-6-9(2)8-10(12)3/h6-8,15H,5H2,1-4H3/b16-13-. The summed E-state index contributed by atoms with van der Waals surface area (Å²) in [5, 5.41) is 3.85. The number of carbonyl (C=O) groups is 2. The molecule has 0 aromatic heterocycles. The average Bonchev–Trinajstić information content (AvgIpc) is 2.31. The van der Waals surface area contributed by atoms with Gasteiger partial charge >= 0.3 is 5.97 Å². The maximum atomic E-state index is 11.5. The quantitative estimate of drug-likeness (QED) is 0.382. The minimum absolute atomic E-state index is 0.203. The lowest BCUT2D eigenvalue weighted by atomic mass is 10.1. The van der Waals surface area contributed by atoms with Crippen LogP contribution in [0.1, 0.15) is 25.0 Å². The van der Waals surface area contributed by atoms with Gasteiger partial charge in [0, 0.05) is 6.92 Å². The number of ether oxygens (including phenoxy) is 1. The molecular weight excluding hydrogens is 244 g/mol. The largest absolute Gasteiger partial charge is 0.461 e. The summed E-state index contributed by atoms with van der Waals surface area (Å²) in [4.78, 5) is 22.9. The Balaban J connectivity index is 2.92. The maximum Gasteiger partial charge on any atom is 0.362 e. The number of nitrogens with one attached hydrogen (secondary N) is 1. The molecule has 0 spiro atoms. The Labute approximate surface area is 112 Å². The van der Waals surface area contributed by atoms with Gasteiger partial charge in [0.15, 0.2) is 5.78 Å². The van der Waals surface area contributed by atoms with E-state index in [2.05, 4.69) is 10.5 Å². The van der Waals surface area contributed by atoms with Crippen molar-refractivity contribution in [2.75, 3.05) is 12.0 Å². The minimum atomic E-state index is -0.715. The summed E-state index contributed by atoms with van der Waals surface area (Å²) in [6, 6.07) is 5.75. The van der Waals surface area contributed by atoms with Gasteiger partial charge in [0.1, 0.15) is 0 Å². The zero-order valence-electron chi connectivity index (χ0n) is 11.6. The van der Waals surface area contributed by atoms with Crippen molar-refractivity contribution in [2.24, 2.45) is 5.10 Å². The molecule has 0 fully saturated rings. The minimum Gasteiger partial charge on any atom is -0.461 e. The van der Waals surface area contributed by atoms with Crippen LogP contribution < -0.4 is 5.43 Å². The Bertz CT molecular complexity index is 521. The van der Waals surface area contributed by atoms with Crippen LogP contribution in [0.2, 0.25) is 0 Å². The molecule has 0 bridgehead atoms. The van der Waals surface area contributed by atoms with Gasteiger partial charge in [-0.05, 0) is 32.4 Å². The van der Waals surface area contributed by atoms with Crippen LogP contribution in [0.25, 0.3) is 0 Å². The number of hydrogen-bond acceptors (Lipinski definition) is 5. The molecule has 1 aromatic carbocycles. The molecule has 0 amide bonds. The Morgan fingerprint density at radius 3 is 2.53 bits per heavy atom. The molecule has 0 aliphatic carbocycles. The number of aryl methyl sites for hydroxylation is 2. The molecule has 0 heterocycles. The van der Waals surface area contributed by atoms with Gasteiger partial charge in [-0.3, -0.25) is 10.2 Å². The van der Waals surface area contributed by atoms with Crippen molar-refractivity contribution in [1.29, 1.82) is 0 Å². The van der Waals surface area contributed by atoms with E-state index in [1.54, 1.807) is 6.92 Å². The second-order valence-corrected chi connectivity index (χ2v) is 4.17. The van der Waals surface area contributed by atoms with E-state index in [0.717, 1.165) is 16.8 Å². The highest BCUT2D eigenvalue weighted by molar-refractivity contribution is 6.64. The van der Waals surface area contributed by atoms with Crippen molar-refractivity contribution >= 4 is 23.2 Å². The number of ketones is 1. The van der Waals surface area contributed by atoms with Gasteiger partial charge in [-0.1, -0.05) is 17.7 Å². The molecule has 5 heteroatoms. The van der Waals surface area contributed by atoms with Gasteiger partial charge in [0.25, 0.3) is 0 Å². The number of anilines is 1. The van der Waals surface area contributed by atoms with Gasteiger partial charge in [0.05, 0.1) is 12.3 Å². The number of nitrogens with zero attached hydrogens (tertiary/aromatic N) is 1. The first-order valence-corrected chi connectivity index (χ1v) is 6.04. The lowest BCUT2D eigenvalue weighted by Crippen LogP contribution is -2.25. The predicted molar refractivity (Wildman–Crippen MR) is 74.3 cm³/mol. The van der Waals surface area contributed by atoms with E-state index in [4.69, 9.17) is 4.74 Å². The topological polar surface area (TPSA) is 67.8 Å². The van der Waals surface area contributed by atoms with Crippen LogP contribution in [0.15, 0.2) is 23.3 Å². The van der Waals surface area contributed by atoms with Crippen molar-refractivity contribution in [3.63, 3.8) is 0 Å². The summed E-state index contributed by atoms with van der Waals surface area (Å²) in [6.45, 7) is 7.06. The van der Waals surface area contributed by atoms with Gasteiger partial charge < -0.3 is 4.74 Å². The van der Waals surface area contributed by atoms with E-state index in [1.807, 2.05) is 32.0 Å². The summed E-state index contributed by atoms with van der Waals surface area (Å²) in [6.07, 6.45) is 0. The summed E-state index contributed by atoms with van der Waals surface area (Å²) in [5.74, 6) is -1.15. The monoisotopic (exact) mass is 262 g/mol. The molecule has 1 rings (SSSR count). The van der Waals surface area contributed by atoms with Crippen LogP contribution in [-0.2, 0) is 14.3 Å². The van der Waals surface area contributed by atoms with Gasteiger partial charge in [0.2, 0.25) is 5.71 Å². The van der Waals surface area contributed by atoms with Crippen LogP contribution >= 0.6 is 0 Å². The molecule has 1 aromatic rings. The van der Waals surface area contributed by atoms with Crippen LogP contribution in [0.5, 0.6) is 0 Å². The lowest BCUT2D eigenvalue weighted by Gasteiger charge is -2.07. The second-order valence-electron chi connectivity index (χ2n) is 4.17. The van der Waals surface area contributed by atoms with Crippen molar-refractivity contribution in [2.45, 2.75) is 27.7 Å². The van der Waals surface area contributed by atoms with Gasteiger partial charge in [-0.2, -0.15) is 5.10 Å². The van der Waals surface area contributed by atoms with E-state index in [-0.39, 0.29) is 12.3 Å². The highest BCUT2D eigenvalue weighted by Gasteiger charge is 2.18. The van der Waals surface area contributed by atoms with E-state index in [1.165, 1.54) is 6.92 Å². The van der Waals surface area contributed by atoms with Crippen molar-refractivity contribution < 1.29 is 14.3 Å². The fourth-order valence-corrected chi connectivity index (χ4v) is 1.52. The van der Waals surface area contributed by atoms with Crippen molar-refractivity contribution in [3.8, 4) is 0 Å². The van der Waals surface area contributed by atoms with E-state index >= 15 is 0 Å². The number of hydrazone groups is 1. The highest BCUT2D eigenvalue weighted by Crippen LogP contribution is 2.15. The van der Waals surface area contributed by atoms with Crippen LogP contribution in [-0.4, -0.2) is 24.1 Å². The molecule has 0 aliphatic rings. The Morgan fingerprint density at radius 2 is 2.00 bits per heavy atom. The van der Waals surface area contributed by atoms with E-state index in [9.17, 15) is 9.59 Å². The summed E-state index contributed by atoms with van der Waals surface area (Å²) in [7, 11) is 0. The number of Topliss-reactive ketones (excluding diaryl/α,β-unsaturated/α-hetero) is 1. The summed E-state index contributed by atoms with van der Waals surface area (Å²) in [5.41, 5.74) is 5.35. The number of hydrogen-bond donors (Lipinski definition) is 1. The third-order valence-corrected chi connectivity index (χ3v) is 2.47. The number of benzene rings is 1. The van der Waals surface area contributed by atoms with Gasteiger partial charge in [-0.15, -0.1) is 0 Å². The van der Waals surface area contributed by atoms with Gasteiger partial charge in [-0.25, -0.2) is 4.79 Å². The zero-order valence-corrected chi connectivity index (χ0v) is 11.6. The molecule has 0 radical (unpaired) electrons. The first-order chi connectivity index (χ1) is 8.95. The first kappa shape index (κ1) is 14.9. The fourth-order valence-electron chi connectivity index (χ4n) is 1.52. The maximum absolute atomic E-state index is 11.5. The molecule has 0 aliphatic heterocycles. The average molecular weight is 262 g/mol. The Hall–Kier alpha value is -2.17. The molecular formula is C14H18N2O3. The molecule has 0 unspecified atom stereocenters. The third kappa shape index (κ3) is 4.21. The molecule has 0 saturated carbocycles. The molecule has 0 atom stereocenters. The molecule has 19 heavy (non-hydrogen) atoms. The lowest BCUT2D eigenvalue weighted by molar-refractivity contribution is -0.135. The smallest absolute Gasteiger partial charge is 0.362 e. The van der Waals surface area contributed by atoms with Crippen LogP contribution in [0.4, 0.5) is 5.69 Å². The third-order valence-electron chi connectivity index (χ3n) is 2.47. The molecule has 1 N–H and O–H groups in total.